The Morgan fingerprint density at radius 1 is 1.13 bits per heavy atom. The highest BCUT2D eigenvalue weighted by Gasteiger charge is 2.05. The first-order valence-corrected chi connectivity index (χ1v) is 8.27. The van der Waals surface area contributed by atoms with E-state index in [2.05, 4.69) is 10.6 Å². The molecule has 1 heterocycles. The van der Waals surface area contributed by atoms with Crippen LogP contribution in [0.1, 0.15) is 28.4 Å². The normalized spacial score (nSPS) is 10.2. The largest absolute Gasteiger partial charge is 0.494 e. The van der Waals surface area contributed by atoms with Crippen LogP contribution in [0.4, 0.5) is 10.5 Å². The van der Waals surface area contributed by atoms with Gasteiger partial charge in [-0.2, -0.15) is 0 Å². The number of hydrogen-bond donors (Lipinski definition) is 2. The number of carbonyl (C=O) groups is 2. The van der Waals surface area contributed by atoms with Gasteiger partial charge in [0.25, 0.3) is 0 Å². The van der Waals surface area contributed by atoms with E-state index in [-0.39, 0.29) is 11.8 Å². The Morgan fingerprint density at radius 2 is 1.87 bits per heavy atom. The van der Waals surface area contributed by atoms with Crippen LogP contribution in [0, 0.1) is 0 Å². The van der Waals surface area contributed by atoms with Gasteiger partial charge in [-0.3, -0.25) is 4.79 Å². The fourth-order valence-electron chi connectivity index (χ4n) is 1.98. The minimum absolute atomic E-state index is 0.0717. The van der Waals surface area contributed by atoms with E-state index in [9.17, 15) is 9.59 Å². The summed E-state index contributed by atoms with van der Waals surface area (Å²) >= 11 is 1.47. The lowest BCUT2D eigenvalue weighted by Gasteiger charge is -2.08. The van der Waals surface area contributed by atoms with Gasteiger partial charge in [0.15, 0.2) is 5.78 Å². The Labute approximate surface area is 139 Å². The Morgan fingerprint density at radius 3 is 2.48 bits per heavy atom. The Bertz CT molecular complexity index is 665. The molecule has 2 rings (SSSR count). The van der Waals surface area contributed by atoms with Crippen molar-refractivity contribution in [2.24, 2.45) is 0 Å². The number of urea groups is 1. The molecule has 0 saturated carbocycles. The number of anilines is 1. The molecule has 2 aromatic rings. The van der Waals surface area contributed by atoms with Gasteiger partial charge in [-0.15, -0.1) is 11.3 Å². The molecule has 1 aromatic heterocycles. The first-order valence-electron chi connectivity index (χ1n) is 7.46. The summed E-state index contributed by atoms with van der Waals surface area (Å²) in [5.74, 6) is 0.847. The molecule has 122 valence electrons. The maximum absolute atomic E-state index is 11.8. The van der Waals surface area contributed by atoms with Gasteiger partial charge in [-0.1, -0.05) is 0 Å². The molecule has 0 aliphatic heterocycles. The molecular formula is C17H20N2O3S. The molecule has 0 bridgehead atoms. The molecule has 0 radical (unpaired) electrons. The number of amides is 2. The minimum Gasteiger partial charge on any atom is -0.494 e. The summed E-state index contributed by atoms with van der Waals surface area (Å²) in [6.07, 6.45) is 0.703. The molecule has 2 N–H and O–H groups in total. The average molecular weight is 332 g/mol. The van der Waals surface area contributed by atoms with E-state index in [0.717, 1.165) is 15.5 Å². The summed E-state index contributed by atoms with van der Waals surface area (Å²) in [5.41, 5.74) is 0.709. The third-order valence-corrected chi connectivity index (χ3v) is 4.33. The van der Waals surface area contributed by atoms with Crippen LogP contribution in [0.5, 0.6) is 5.75 Å². The second kappa shape index (κ2) is 8.33. The first kappa shape index (κ1) is 17.0. The monoisotopic (exact) mass is 332 g/mol. The smallest absolute Gasteiger partial charge is 0.319 e. The van der Waals surface area contributed by atoms with Crippen molar-refractivity contribution in [2.75, 3.05) is 18.5 Å². The maximum atomic E-state index is 11.8. The third-order valence-electron chi connectivity index (χ3n) is 3.09. The summed E-state index contributed by atoms with van der Waals surface area (Å²) in [5, 5.41) is 5.56. The lowest BCUT2D eigenvalue weighted by molar-refractivity contribution is 0.102. The number of thiophene rings is 1. The van der Waals surface area contributed by atoms with Crippen LogP contribution in [-0.2, 0) is 6.42 Å². The van der Waals surface area contributed by atoms with E-state index in [1.165, 1.54) is 11.3 Å². The lowest BCUT2D eigenvalue weighted by atomic mass is 10.3. The fraction of sp³-hybridized carbons (Fsp3) is 0.294. The zero-order chi connectivity index (χ0) is 16.7. The Kier molecular flexibility index (Phi) is 6.17. The van der Waals surface area contributed by atoms with Crippen LogP contribution < -0.4 is 15.4 Å². The van der Waals surface area contributed by atoms with Gasteiger partial charge in [0.2, 0.25) is 0 Å². The predicted octanol–water partition coefficient (Wildman–Crippen LogP) is 3.71. The van der Waals surface area contributed by atoms with E-state index >= 15 is 0 Å². The van der Waals surface area contributed by atoms with Crippen molar-refractivity contribution in [1.82, 2.24) is 5.32 Å². The second-order valence-corrected chi connectivity index (χ2v) is 6.08. The first-order chi connectivity index (χ1) is 11.1. The van der Waals surface area contributed by atoms with Crippen molar-refractivity contribution < 1.29 is 14.3 Å². The average Bonchev–Trinajstić information content (AvgIpc) is 2.99. The van der Waals surface area contributed by atoms with E-state index < -0.39 is 0 Å². The minimum atomic E-state index is -0.252. The van der Waals surface area contributed by atoms with Crippen LogP contribution in [0.2, 0.25) is 0 Å². The SMILES string of the molecule is CCOc1ccc(NC(=O)NCCc2ccc(C(C)=O)s2)cc1. The number of hydrogen-bond acceptors (Lipinski definition) is 4. The number of Topliss-reactive ketones (excluding diaryl/α,β-unsaturated/α-hetero) is 1. The van der Waals surface area contributed by atoms with Crippen molar-refractivity contribution >= 4 is 28.8 Å². The van der Waals surface area contributed by atoms with Gasteiger partial charge in [0.05, 0.1) is 11.5 Å². The molecule has 0 aliphatic rings. The lowest BCUT2D eigenvalue weighted by Crippen LogP contribution is -2.30. The van der Waals surface area contributed by atoms with Crippen LogP contribution >= 0.6 is 11.3 Å². The van der Waals surface area contributed by atoms with Gasteiger partial charge in [0.1, 0.15) is 5.75 Å². The molecule has 0 unspecified atom stereocenters. The van der Waals surface area contributed by atoms with Gasteiger partial charge < -0.3 is 15.4 Å². The molecule has 5 nitrogen and oxygen atoms in total. The van der Waals surface area contributed by atoms with Crippen molar-refractivity contribution in [3.05, 3.63) is 46.2 Å². The van der Waals surface area contributed by atoms with Crippen molar-refractivity contribution in [1.29, 1.82) is 0 Å². The number of rotatable bonds is 7. The van der Waals surface area contributed by atoms with Crippen LogP contribution in [0.25, 0.3) is 0 Å². The standard InChI is InChI=1S/C17H20N2O3S/c1-3-22-14-6-4-13(5-7-14)19-17(21)18-11-10-15-8-9-16(23-15)12(2)20/h4-9H,3,10-11H2,1-2H3,(H2,18,19,21). The van der Waals surface area contributed by atoms with Crippen molar-refractivity contribution in [3.8, 4) is 5.75 Å². The second-order valence-electron chi connectivity index (χ2n) is 4.91. The number of benzene rings is 1. The summed E-state index contributed by atoms with van der Waals surface area (Å²) in [7, 11) is 0. The molecule has 0 atom stereocenters. The van der Waals surface area contributed by atoms with E-state index in [1.807, 2.05) is 31.2 Å². The van der Waals surface area contributed by atoms with E-state index in [4.69, 9.17) is 4.74 Å². The maximum Gasteiger partial charge on any atom is 0.319 e. The molecule has 2 amide bonds. The molecule has 1 aromatic carbocycles. The number of ether oxygens (including phenoxy) is 1. The summed E-state index contributed by atoms with van der Waals surface area (Å²) in [6, 6.07) is 10.7. The third kappa shape index (κ3) is 5.41. The summed E-state index contributed by atoms with van der Waals surface area (Å²) in [6.45, 7) is 4.60. The highest BCUT2D eigenvalue weighted by atomic mass is 32.1. The zero-order valence-electron chi connectivity index (χ0n) is 13.2. The molecule has 0 spiro atoms. The molecule has 0 fully saturated rings. The van der Waals surface area contributed by atoms with Crippen LogP contribution in [0.15, 0.2) is 36.4 Å². The Hall–Kier alpha value is -2.34. The number of nitrogens with one attached hydrogen (secondary N) is 2. The van der Waals surface area contributed by atoms with Crippen LogP contribution in [0.3, 0.4) is 0 Å². The van der Waals surface area contributed by atoms with Gasteiger partial charge >= 0.3 is 6.03 Å². The molecule has 6 heteroatoms. The topological polar surface area (TPSA) is 67.4 Å². The molecular weight excluding hydrogens is 312 g/mol. The highest BCUT2D eigenvalue weighted by Crippen LogP contribution is 2.17. The van der Waals surface area contributed by atoms with E-state index in [1.54, 1.807) is 19.1 Å². The predicted molar refractivity (Wildman–Crippen MR) is 92.7 cm³/mol. The van der Waals surface area contributed by atoms with Crippen molar-refractivity contribution in [2.45, 2.75) is 20.3 Å². The summed E-state index contributed by atoms with van der Waals surface area (Å²) < 4.78 is 5.35. The fourth-order valence-corrected chi connectivity index (χ4v) is 2.88. The zero-order valence-corrected chi connectivity index (χ0v) is 14.0. The Balaban J connectivity index is 1.75. The molecule has 23 heavy (non-hydrogen) atoms. The number of ketones is 1. The highest BCUT2D eigenvalue weighted by molar-refractivity contribution is 7.14. The van der Waals surface area contributed by atoms with Gasteiger partial charge in [-0.05, 0) is 56.7 Å². The van der Waals surface area contributed by atoms with Crippen molar-refractivity contribution in [3.63, 3.8) is 0 Å². The molecule has 0 saturated heterocycles. The van der Waals surface area contributed by atoms with Crippen LogP contribution in [-0.4, -0.2) is 25.0 Å². The molecule has 0 aliphatic carbocycles. The quantitative estimate of drug-likeness (QED) is 0.760. The van der Waals surface area contributed by atoms with Gasteiger partial charge in [0, 0.05) is 17.1 Å². The van der Waals surface area contributed by atoms with E-state index in [0.29, 0.717) is 25.3 Å². The summed E-state index contributed by atoms with van der Waals surface area (Å²) in [4.78, 5) is 24.9. The number of carbonyl (C=O) groups excluding carboxylic acids is 2. The van der Waals surface area contributed by atoms with Gasteiger partial charge in [-0.25, -0.2) is 4.79 Å².